The first-order chi connectivity index (χ1) is 24.7. The molecule has 13 nitrogen and oxygen atoms in total. The van der Waals surface area contributed by atoms with E-state index in [1.807, 2.05) is 42.5 Å². The van der Waals surface area contributed by atoms with Gasteiger partial charge in [-0.05, 0) is 55.3 Å². The Morgan fingerprint density at radius 1 is 0.922 bits per heavy atom. The molecule has 0 aliphatic carbocycles. The van der Waals surface area contributed by atoms with E-state index in [1.54, 1.807) is 21.7 Å². The summed E-state index contributed by atoms with van der Waals surface area (Å²) in [6.45, 7) is 0.267. The molecule has 51 heavy (non-hydrogen) atoms. The minimum absolute atomic E-state index is 0.0240. The fourth-order valence-corrected chi connectivity index (χ4v) is 7.03. The van der Waals surface area contributed by atoms with E-state index in [1.165, 1.54) is 18.5 Å². The van der Waals surface area contributed by atoms with Crippen LogP contribution in [-0.2, 0) is 16.1 Å². The highest BCUT2D eigenvalue weighted by Gasteiger charge is 2.46. The summed E-state index contributed by atoms with van der Waals surface area (Å²) in [6, 6.07) is 17.5. The molecule has 258 valence electrons. The van der Waals surface area contributed by atoms with Gasteiger partial charge in [0.25, 0.3) is 11.8 Å². The van der Waals surface area contributed by atoms with Gasteiger partial charge in [-0.15, -0.1) is 0 Å². The molecule has 15 heteroatoms. The molecule has 3 aliphatic rings. The molecular weight excluding hydrogens is 662 g/mol. The van der Waals surface area contributed by atoms with E-state index in [9.17, 15) is 19.2 Å². The number of para-hydroxylation sites is 1. The standard InChI is InChI=1S/C36H30F2N8O5/c37-24-17-44(16-20-8-11-23-28(30(20)38)36(50)45(35(23)49)26-12-13-27(47)42-34(26)48)15-14-25(24)46-33-29(32(39)40-18-41-33)31(43-46)19-6-9-22(10-7-19)51-21-4-2-1-3-5-21/h1-11,18,24-26H,12-17H2,(H2,39,40,41)(H,42,47,48)/t24-,25+,26?/m0/s1. The van der Waals surface area contributed by atoms with Crippen molar-refractivity contribution in [2.75, 3.05) is 18.8 Å². The van der Waals surface area contributed by atoms with Gasteiger partial charge in [0.2, 0.25) is 11.8 Å². The molecule has 1 unspecified atom stereocenters. The van der Waals surface area contributed by atoms with Crippen LogP contribution in [-0.4, -0.2) is 78.5 Å². The quantitative estimate of drug-likeness (QED) is 0.236. The third-order valence-electron chi connectivity index (χ3n) is 9.55. The lowest BCUT2D eigenvalue weighted by Crippen LogP contribution is -2.54. The smallest absolute Gasteiger partial charge is 0.265 e. The number of amides is 4. The summed E-state index contributed by atoms with van der Waals surface area (Å²) in [5.74, 6) is -2.40. The first kappa shape index (κ1) is 32.1. The van der Waals surface area contributed by atoms with Crippen molar-refractivity contribution in [3.63, 3.8) is 0 Å². The Balaban J connectivity index is 1.00. The summed E-state index contributed by atoms with van der Waals surface area (Å²) in [4.78, 5) is 61.3. The average molecular weight is 693 g/mol. The minimum Gasteiger partial charge on any atom is -0.457 e. The van der Waals surface area contributed by atoms with E-state index in [2.05, 4.69) is 15.3 Å². The van der Waals surface area contributed by atoms with Crippen molar-refractivity contribution in [1.29, 1.82) is 0 Å². The number of rotatable bonds is 7. The SMILES string of the molecule is Nc1ncnc2c1c(-c1ccc(Oc3ccccc3)cc1)nn2[C@@H]1CCN(Cc2ccc3c(c2F)C(=O)N(C2CCC(=O)NC2=O)C3=O)C[C@@H]1F. The molecule has 3 atom stereocenters. The minimum atomic E-state index is -1.43. The second-order valence-corrected chi connectivity index (χ2v) is 12.7. The second-order valence-electron chi connectivity index (χ2n) is 12.7. The number of imide groups is 2. The van der Waals surface area contributed by atoms with Crippen molar-refractivity contribution < 1.29 is 32.7 Å². The number of likely N-dealkylation sites (tertiary alicyclic amines) is 1. The number of ether oxygens (including phenoxy) is 1. The van der Waals surface area contributed by atoms with Crippen LogP contribution in [0, 0.1) is 5.82 Å². The highest BCUT2D eigenvalue weighted by atomic mass is 19.1. The van der Waals surface area contributed by atoms with E-state index in [-0.39, 0.29) is 42.9 Å². The Hall–Kier alpha value is -6.09. The Bertz CT molecular complexity index is 2230. The van der Waals surface area contributed by atoms with Crippen LogP contribution < -0.4 is 15.8 Å². The zero-order valence-electron chi connectivity index (χ0n) is 27.0. The molecular formula is C36H30F2N8O5. The monoisotopic (exact) mass is 692 g/mol. The predicted octanol–water partition coefficient (Wildman–Crippen LogP) is 4.19. The fraction of sp³-hybridized carbons (Fsp3) is 0.250. The van der Waals surface area contributed by atoms with Gasteiger partial charge >= 0.3 is 0 Å². The lowest BCUT2D eigenvalue weighted by Gasteiger charge is -2.35. The van der Waals surface area contributed by atoms with Gasteiger partial charge in [-0.2, -0.15) is 5.10 Å². The maximum absolute atomic E-state index is 16.1. The van der Waals surface area contributed by atoms with E-state index in [4.69, 9.17) is 15.6 Å². The molecule has 2 aromatic heterocycles. The first-order valence-corrected chi connectivity index (χ1v) is 16.4. The van der Waals surface area contributed by atoms with Crippen LogP contribution in [0.2, 0.25) is 0 Å². The maximum Gasteiger partial charge on any atom is 0.265 e. The van der Waals surface area contributed by atoms with Crippen molar-refractivity contribution in [3.8, 4) is 22.8 Å². The molecule has 5 heterocycles. The Morgan fingerprint density at radius 3 is 2.43 bits per heavy atom. The highest BCUT2D eigenvalue weighted by molar-refractivity contribution is 6.23. The number of alkyl halides is 1. The van der Waals surface area contributed by atoms with Crippen molar-refractivity contribution in [1.82, 2.24) is 34.9 Å². The zero-order chi connectivity index (χ0) is 35.4. The number of carbonyl (C=O) groups is 4. The number of halogens is 2. The molecule has 4 amide bonds. The van der Waals surface area contributed by atoms with Crippen molar-refractivity contribution in [2.45, 2.75) is 44.1 Å². The van der Waals surface area contributed by atoms with Gasteiger partial charge in [-0.25, -0.2) is 23.4 Å². The van der Waals surface area contributed by atoms with Crippen LogP contribution in [0.25, 0.3) is 22.3 Å². The number of aromatic nitrogens is 4. The average Bonchev–Trinajstić information content (AvgIpc) is 3.62. The molecule has 8 rings (SSSR count). The topological polar surface area (TPSA) is 166 Å². The van der Waals surface area contributed by atoms with Crippen LogP contribution in [0.1, 0.15) is 51.6 Å². The number of nitrogens with one attached hydrogen (secondary N) is 1. The number of nitrogens with zero attached hydrogens (tertiary/aromatic N) is 6. The predicted molar refractivity (Wildman–Crippen MR) is 179 cm³/mol. The molecule has 2 fully saturated rings. The number of anilines is 1. The van der Waals surface area contributed by atoms with Gasteiger partial charge < -0.3 is 10.5 Å². The molecule has 0 saturated carbocycles. The summed E-state index contributed by atoms with van der Waals surface area (Å²) in [6.07, 6.45) is 0.0857. The molecule has 0 bridgehead atoms. The number of hydrogen-bond acceptors (Lipinski definition) is 10. The van der Waals surface area contributed by atoms with Gasteiger partial charge in [-0.3, -0.25) is 34.3 Å². The van der Waals surface area contributed by atoms with Crippen molar-refractivity contribution in [2.24, 2.45) is 0 Å². The van der Waals surface area contributed by atoms with Crippen LogP contribution in [0.5, 0.6) is 11.5 Å². The van der Waals surface area contributed by atoms with Crippen LogP contribution >= 0.6 is 0 Å². The summed E-state index contributed by atoms with van der Waals surface area (Å²) in [5.41, 5.74) is 7.41. The summed E-state index contributed by atoms with van der Waals surface area (Å²) < 4.78 is 39.4. The largest absolute Gasteiger partial charge is 0.457 e. The normalized spacial score (nSPS) is 20.9. The van der Waals surface area contributed by atoms with Gasteiger partial charge in [0.15, 0.2) is 5.65 Å². The Labute approximate surface area is 289 Å². The van der Waals surface area contributed by atoms with Crippen molar-refractivity contribution in [3.05, 3.63) is 95.6 Å². The molecule has 3 aromatic carbocycles. The number of nitrogens with two attached hydrogens (primary N) is 1. The third-order valence-corrected chi connectivity index (χ3v) is 9.55. The van der Waals surface area contributed by atoms with Gasteiger partial charge in [-0.1, -0.05) is 24.3 Å². The summed E-state index contributed by atoms with van der Waals surface area (Å²) in [5, 5.41) is 7.41. The van der Waals surface area contributed by atoms with Crippen LogP contribution in [0.15, 0.2) is 73.1 Å². The Kier molecular flexibility index (Phi) is 7.98. The van der Waals surface area contributed by atoms with Crippen LogP contribution in [0.3, 0.4) is 0 Å². The number of nitrogen functional groups attached to an aromatic ring is 1. The summed E-state index contributed by atoms with van der Waals surface area (Å²) >= 11 is 0. The number of hydrogen-bond donors (Lipinski definition) is 2. The molecule has 2 saturated heterocycles. The van der Waals surface area contributed by atoms with Crippen molar-refractivity contribution >= 4 is 40.5 Å². The summed E-state index contributed by atoms with van der Waals surface area (Å²) in [7, 11) is 0. The van der Waals surface area contributed by atoms with Gasteiger partial charge in [0.05, 0.1) is 22.6 Å². The highest BCUT2D eigenvalue weighted by Crippen LogP contribution is 2.37. The maximum atomic E-state index is 16.1. The second kappa shape index (κ2) is 12.7. The number of piperidine rings is 2. The molecule has 3 aliphatic heterocycles. The lowest BCUT2D eigenvalue weighted by atomic mass is 10.0. The van der Waals surface area contributed by atoms with E-state index in [0.717, 1.165) is 0 Å². The number of benzene rings is 3. The van der Waals surface area contributed by atoms with Gasteiger partial charge in [0, 0.05) is 37.2 Å². The lowest BCUT2D eigenvalue weighted by molar-refractivity contribution is -0.136. The first-order valence-electron chi connectivity index (χ1n) is 16.4. The van der Waals surface area contributed by atoms with E-state index < -0.39 is 53.3 Å². The molecule has 3 N–H and O–H groups in total. The molecule has 0 spiro atoms. The van der Waals surface area contributed by atoms with Crippen LogP contribution in [0.4, 0.5) is 14.6 Å². The Morgan fingerprint density at radius 2 is 1.69 bits per heavy atom. The fourth-order valence-electron chi connectivity index (χ4n) is 7.03. The number of fused-ring (bicyclic) bond motifs is 2. The third kappa shape index (κ3) is 5.64. The molecule has 5 aromatic rings. The van der Waals surface area contributed by atoms with E-state index in [0.29, 0.717) is 51.7 Å². The molecule has 0 radical (unpaired) electrons. The van der Waals surface area contributed by atoms with E-state index >= 15 is 8.78 Å². The van der Waals surface area contributed by atoms with Gasteiger partial charge in [0.1, 0.15) is 47.4 Å². The number of carbonyl (C=O) groups excluding carboxylic acids is 4. The zero-order valence-corrected chi connectivity index (χ0v) is 27.0.